The molecule has 0 N–H and O–H groups in total. The second-order valence-electron chi connectivity index (χ2n) is 6.21. The number of fused-ring (bicyclic) bond motifs is 2. The van der Waals surface area contributed by atoms with E-state index >= 15 is 0 Å². The van der Waals surface area contributed by atoms with Crippen LogP contribution in [0.15, 0.2) is 42.7 Å². The minimum absolute atomic E-state index is 0.00186. The highest BCUT2D eigenvalue weighted by Crippen LogP contribution is 2.33. The molecule has 6 nitrogen and oxygen atoms in total. The zero-order chi connectivity index (χ0) is 18.1. The fourth-order valence-electron chi connectivity index (χ4n) is 3.34. The summed E-state index contributed by atoms with van der Waals surface area (Å²) in [6, 6.07) is 9.40. The molecule has 0 fully saturated rings. The van der Waals surface area contributed by atoms with Gasteiger partial charge in [-0.2, -0.15) is 0 Å². The molecular weight excluding hydrogens is 330 g/mol. The van der Waals surface area contributed by atoms with Gasteiger partial charge in [0.1, 0.15) is 0 Å². The van der Waals surface area contributed by atoms with Gasteiger partial charge < -0.3 is 14.4 Å². The summed E-state index contributed by atoms with van der Waals surface area (Å²) in [6.07, 6.45) is 4.06. The molecule has 3 aromatic rings. The number of hydrogen-bond acceptors (Lipinski definition) is 5. The van der Waals surface area contributed by atoms with Gasteiger partial charge in [0.2, 0.25) is 0 Å². The van der Waals surface area contributed by atoms with Crippen molar-refractivity contribution in [3.05, 3.63) is 59.4 Å². The van der Waals surface area contributed by atoms with Gasteiger partial charge >= 0.3 is 0 Å². The summed E-state index contributed by atoms with van der Waals surface area (Å²) >= 11 is 0. The number of carbonyl (C=O) groups is 1. The largest absolute Gasteiger partial charge is 0.493 e. The quantitative estimate of drug-likeness (QED) is 0.727. The van der Waals surface area contributed by atoms with E-state index in [1.54, 1.807) is 32.7 Å². The van der Waals surface area contributed by atoms with E-state index < -0.39 is 0 Å². The van der Waals surface area contributed by atoms with E-state index in [1.165, 1.54) is 5.56 Å². The van der Waals surface area contributed by atoms with Crippen molar-refractivity contribution >= 4 is 16.9 Å². The smallest absolute Gasteiger partial charge is 0.254 e. The second kappa shape index (κ2) is 6.63. The summed E-state index contributed by atoms with van der Waals surface area (Å²) in [5.74, 6) is 1.40. The monoisotopic (exact) mass is 349 g/mol. The normalized spacial score (nSPS) is 13.4. The molecule has 6 heteroatoms. The third-order valence-electron chi connectivity index (χ3n) is 4.72. The Labute approximate surface area is 151 Å². The number of carbonyl (C=O) groups excluding carboxylic acids is 1. The highest BCUT2D eigenvalue weighted by atomic mass is 16.5. The number of ether oxygens (including phenoxy) is 2. The molecule has 1 aliphatic heterocycles. The van der Waals surface area contributed by atoms with E-state index in [4.69, 9.17) is 9.47 Å². The molecule has 2 aromatic carbocycles. The number of nitrogens with zero attached hydrogens (tertiary/aromatic N) is 3. The number of hydrogen-bond donors (Lipinski definition) is 0. The van der Waals surface area contributed by atoms with Gasteiger partial charge in [-0.15, -0.1) is 0 Å². The van der Waals surface area contributed by atoms with Gasteiger partial charge in [-0.05, 0) is 47.9 Å². The van der Waals surface area contributed by atoms with Crippen LogP contribution in [0, 0.1) is 0 Å². The number of amides is 1. The molecule has 132 valence electrons. The highest BCUT2D eigenvalue weighted by Gasteiger charge is 2.24. The molecule has 2 heterocycles. The zero-order valence-corrected chi connectivity index (χ0v) is 14.7. The van der Waals surface area contributed by atoms with Crippen molar-refractivity contribution in [3.63, 3.8) is 0 Å². The maximum Gasteiger partial charge on any atom is 0.254 e. The first-order valence-electron chi connectivity index (χ1n) is 8.43. The molecule has 0 bridgehead atoms. The van der Waals surface area contributed by atoms with Gasteiger partial charge in [-0.1, -0.05) is 0 Å². The van der Waals surface area contributed by atoms with Crippen LogP contribution in [0.1, 0.15) is 21.5 Å². The Morgan fingerprint density at radius 1 is 0.962 bits per heavy atom. The SMILES string of the molecule is COc1cc2c(cc1OC)CN(C(=O)c1ccc3nccnc3c1)CC2. The molecule has 26 heavy (non-hydrogen) atoms. The second-order valence-corrected chi connectivity index (χ2v) is 6.21. The standard InChI is InChI=1S/C20H19N3O3/c1-25-18-10-13-5-8-23(12-15(13)11-19(18)26-2)20(24)14-3-4-16-17(9-14)22-7-6-21-16/h3-4,6-7,9-11H,5,8,12H2,1-2H3. The lowest BCUT2D eigenvalue weighted by molar-refractivity contribution is 0.0734. The lowest BCUT2D eigenvalue weighted by atomic mass is 9.98. The zero-order valence-electron chi connectivity index (χ0n) is 14.7. The Morgan fingerprint density at radius 2 is 1.65 bits per heavy atom. The molecule has 0 saturated carbocycles. The van der Waals surface area contributed by atoms with E-state index in [0.29, 0.717) is 24.4 Å². The topological polar surface area (TPSA) is 64.6 Å². The summed E-state index contributed by atoms with van der Waals surface area (Å²) in [7, 11) is 3.25. The van der Waals surface area contributed by atoms with Crippen LogP contribution in [-0.4, -0.2) is 41.5 Å². The first-order chi connectivity index (χ1) is 12.7. The van der Waals surface area contributed by atoms with Gasteiger partial charge in [-0.25, -0.2) is 0 Å². The molecule has 0 unspecified atom stereocenters. The summed E-state index contributed by atoms with van der Waals surface area (Å²) in [6.45, 7) is 1.22. The van der Waals surface area contributed by atoms with E-state index in [1.807, 2.05) is 29.2 Å². The van der Waals surface area contributed by atoms with Crippen LogP contribution in [0.25, 0.3) is 11.0 Å². The lowest BCUT2D eigenvalue weighted by Crippen LogP contribution is -2.36. The molecule has 4 rings (SSSR count). The Balaban J connectivity index is 1.62. The first kappa shape index (κ1) is 16.3. The van der Waals surface area contributed by atoms with Crippen molar-refractivity contribution in [3.8, 4) is 11.5 Å². The van der Waals surface area contributed by atoms with Crippen LogP contribution in [0.5, 0.6) is 11.5 Å². The predicted molar refractivity (Wildman–Crippen MR) is 97.5 cm³/mol. The van der Waals surface area contributed by atoms with Crippen molar-refractivity contribution in [2.75, 3.05) is 20.8 Å². The Kier molecular flexibility index (Phi) is 4.16. The molecule has 1 aliphatic rings. The maximum absolute atomic E-state index is 13.0. The molecule has 1 amide bonds. The third kappa shape index (κ3) is 2.83. The van der Waals surface area contributed by atoms with Gasteiger partial charge in [0.05, 0.1) is 25.3 Å². The van der Waals surface area contributed by atoms with Gasteiger partial charge in [-0.3, -0.25) is 14.8 Å². The third-order valence-corrected chi connectivity index (χ3v) is 4.72. The van der Waals surface area contributed by atoms with Crippen molar-refractivity contribution in [2.45, 2.75) is 13.0 Å². The van der Waals surface area contributed by atoms with Crippen LogP contribution in [0.3, 0.4) is 0 Å². The Morgan fingerprint density at radius 3 is 2.38 bits per heavy atom. The molecular formula is C20H19N3O3. The molecule has 0 radical (unpaired) electrons. The average Bonchev–Trinajstić information content (AvgIpc) is 2.71. The molecule has 0 aliphatic carbocycles. The molecule has 1 aromatic heterocycles. The number of rotatable bonds is 3. The van der Waals surface area contributed by atoms with Gasteiger partial charge in [0, 0.05) is 31.0 Å². The van der Waals surface area contributed by atoms with Crippen LogP contribution < -0.4 is 9.47 Å². The van der Waals surface area contributed by atoms with Crippen LogP contribution >= 0.6 is 0 Å². The van der Waals surface area contributed by atoms with Crippen molar-refractivity contribution in [2.24, 2.45) is 0 Å². The first-order valence-corrected chi connectivity index (χ1v) is 8.43. The van der Waals surface area contributed by atoms with Crippen molar-refractivity contribution in [1.29, 1.82) is 0 Å². The number of methoxy groups -OCH3 is 2. The van der Waals surface area contributed by atoms with Crippen LogP contribution in [0.2, 0.25) is 0 Å². The fourth-order valence-corrected chi connectivity index (χ4v) is 3.34. The number of aromatic nitrogens is 2. The minimum Gasteiger partial charge on any atom is -0.493 e. The number of benzene rings is 2. The van der Waals surface area contributed by atoms with E-state index in [2.05, 4.69) is 9.97 Å². The summed E-state index contributed by atoms with van der Waals surface area (Å²) in [5.41, 5.74) is 4.41. The summed E-state index contributed by atoms with van der Waals surface area (Å²) in [5, 5.41) is 0. The van der Waals surface area contributed by atoms with E-state index in [0.717, 1.165) is 28.8 Å². The fraction of sp³-hybridized carbons (Fsp3) is 0.250. The summed E-state index contributed by atoms with van der Waals surface area (Å²) in [4.78, 5) is 23.3. The molecule has 0 atom stereocenters. The maximum atomic E-state index is 13.0. The van der Waals surface area contributed by atoms with E-state index in [-0.39, 0.29) is 5.91 Å². The van der Waals surface area contributed by atoms with E-state index in [9.17, 15) is 4.79 Å². The Hall–Kier alpha value is -3.15. The van der Waals surface area contributed by atoms with Crippen molar-refractivity contribution in [1.82, 2.24) is 14.9 Å². The average molecular weight is 349 g/mol. The van der Waals surface area contributed by atoms with Crippen LogP contribution in [-0.2, 0) is 13.0 Å². The van der Waals surface area contributed by atoms with Crippen LogP contribution in [0.4, 0.5) is 0 Å². The van der Waals surface area contributed by atoms with Gasteiger partial charge in [0.25, 0.3) is 5.91 Å². The predicted octanol–water partition coefficient (Wildman–Crippen LogP) is 2.85. The molecule has 0 saturated heterocycles. The molecule has 0 spiro atoms. The lowest BCUT2D eigenvalue weighted by Gasteiger charge is -2.29. The van der Waals surface area contributed by atoms with Crippen molar-refractivity contribution < 1.29 is 14.3 Å². The Bertz CT molecular complexity index is 987. The minimum atomic E-state index is -0.00186. The summed E-state index contributed by atoms with van der Waals surface area (Å²) < 4.78 is 10.8. The highest BCUT2D eigenvalue weighted by molar-refractivity contribution is 5.97. The van der Waals surface area contributed by atoms with Gasteiger partial charge in [0.15, 0.2) is 11.5 Å².